The smallest absolute Gasteiger partial charge is 0.253 e. The Morgan fingerprint density at radius 1 is 0.960 bits per heavy atom. The fourth-order valence-corrected chi connectivity index (χ4v) is 2.96. The van der Waals surface area contributed by atoms with Crippen LogP contribution in [0, 0.1) is 0 Å². The Labute approximate surface area is 148 Å². The van der Waals surface area contributed by atoms with Crippen LogP contribution in [0.4, 0.5) is 0 Å². The fraction of sp³-hybridized carbons (Fsp3) is 0.350. The number of carbonyl (C=O) groups is 1. The summed E-state index contributed by atoms with van der Waals surface area (Å²) in [5.41, 5.74) is 0.729. The lowest BCUT2D eigenvalue weighted by molar-refractivity contribution is 0.0403. The van der Waals surface area contributed by atoms with Crippen LogP contribution in [0.3, 0.4) is 0 Å². The van der Waals surface area contributed by atoms with E-state index in [9.17, 15) is 9.90 Å². The lowest BCUT2D eigenvalue weighted by Gasteiger charge is -2.35. The van der Waals surface area contributed by atoms with Crippen LogP contribution >= 0.6 is 0 Å². The van der Waals surface area contributed by atoms with Crippen molar-refractivity contribution in [3.63, 3.8) is 0 Å². The molecule has 0 saturated carbocycles. The number of rotatable bonds is 6. The number of para-hydroxylation sites is 1. The summed E-state index contributed by atoms with van der Waals surface area (Å²) < 4.78 is 5.59. The molecule has 1 N–H and O–H groups in total. The van der Waals surface area contributed by atoms with E-state index < -0.39 is 6.10 Å². The number of aliphatic hydroxyl groups excluding tert-OH is 1. The van der Waals surface area contributed by atoms with Crippen molar-refractivity contribution >= 4 is 5.91 Å². The summed E-state index contributed by atoms with van der Waals surface area (Å²) in [7, 11) is 0. The predicted molar refractivity (Wildman–Crippen MR) is 96.7 cm³/mol. The van der Waals surface area contributed by atoms with Gasteiger partial charge in [-0.15, -0.1) is 0 Å². The van der Waals surface area contributed by atoms with Gasteiger partial charge in [0.25, 0.3) is 5.91 Å². The van der Waals surface area contributed by atoms with E-state index in [1.807, 2.05) is 65.6 Å². The number of amides is 1. The molecule has 25 heavy (non-hydrogen) atoms. The fourth-order valence-electron chi connectivity index (χ4n) is 2.96. The van der Waals surface area contributed by atoms with Crippen molar-refractivity contribution in [3.8, 4) is 5.75 Å². The lowest BCUT2D eigenvalue weighted by atomic mass is 10.2. The van der Waals surface area contributed by atoms with E-state index in [2.05, 4.69) is 4.90 Å². The minimum Gasteiger partial charge on any atom is -0.491 e. The molecule has 1 heterocycles. The largest absolute Gasteiger partial charge is 0.491 e. The molecule has 0 bridgehead atoms. The van der Waals surface area contributed by atoms with Crippen LogP contribution in [0.2, 0.25) is 0 Å². The van der Waals surface area contributed by atoms with E-state index in [1.165, 1.54) is 0 Å². The molecule has 1 saturated heterocycles. The predicted octanol–water partition coefficient (Wildman–Crippen LogP) is 1.88. The third kappa shape index (κ3) is 5.05. The van der Waals surface area contributed by atoms with Gasteiger partial charge in [0.15, 0.2) is 0 Å². The zero-order valence-corrected chi connectivity index (χ0v) is 14.3. The Bertz CT molecular complexity index is 655. The molecule has 1 amide bonds. The molecule has 1 aliphatic heterocycles. The van der Waals surface area contributed by atoms with Crippen molar-refractivity contribution in [2.45, 2.75) is 6.10 Å². The maximum Gasteiger partial charge on any atom is 0.253 e. The zero-order chi connectivity index (χ0) is 17.5. The highest BCUT2D eigenvalue weighted by Crippen LogP contribution is 2.11. The number of benzene rings is 2. The Hall–Kier alpha value is -2.37. The van der Waals surface area contributed by atoms with Gasteiger partial charge >= 0.3 is 0 Å². The van der Waals surface area contributed by atoms with Gasteiger partial charge in [0, 0.05) is 38.3 Å². The second-order valence-electron chi connectivity index (χ2n) is 6.24. The summed E-state index contributed by atoms with van der Waals surface area (Å²) in [6.07, 6.45) is -0.545. The number of nitrogens with zero attached hydrogens (tertiary/aromatic N) is 2. The van der Waals surface area contributed by atoms with Gasteiger partial charge in [0.1, 0.15) is 18.5 Å². The number of hydrogen-bond donors (Lipinski definition) is 1. The number of aliphatic hydroxyl groups is 1. The van der Waals surface area contributed by atoms with Crippen LogP contribution in [0.25, 0.3) is 0 Å². The van der Waals surface area contributed by atoms with Crippen molar-refractivity contribution < 1.29 is 14.6 Å². The van der Waals surface area contributed by atoms with Crippen molar-refractivity contribution in [3.05, 3.63) is 66.2 Å². The maximum atomic E-state index is 12.4. The molecule has 0 aromatic heterocycles. The minimum absolute atomic E-state index is 0.0770. The van der Waals surface area contributed by atoms with Gasteiger partial charge < -0.3 is 14.7 Å². The molecule has 0 radical (unpaired) electrons. The van der Waals surface area contributed by atoms with E-state index >= 15 is 0 Å². The van der Waals surface area contributed by atoms with E-state index in [-0.39, 0.29) is 12.5 Å². The van der Waals surface area contributed by atoms with Crippen LogP contribution in [-0.2, 0) is 0 Å². The lowest BCUT2D eigenvalue weighted by Crippen LogP contribution is -2.50. The molecule has 5 heteroatoms. The molecule has 3 rings (SSSR count). The molecule has 132 valence electrons. The van der Waals surface area contributed by atoms with E-state index in [1.54, 1.807) is 0 Å². The Morgan fingerprint density at radius 3 is 2.20 bits per heavy atom. The van der Waals surface area contributed by atoms with Gasteiger partial charge in [-0.05, 0) is 24.3 Å². The molecule has 2 aromatic carbocycles. The molecule has 0 aliphatic carbocycles. The third-order valence-electron chi connectivity index (χ3n) is 4.33. The average Bonchev–Trinajstić information content (AvgIpc) is 2.68. The normalized spacial score (nSPS) is 16.4. The molecular weight excluding hydrogens is 316 g/mol. The molecule has 0 unspecified atom stereocenters. The molecular formula is C20H24N2O3. The summed E-state index contributed by atoms with van der Waals surface area (Å²) in [4.78, 5) is 16.5. The van der Waals surface area contributed by atoms with Gasteiger partial charge in [-0.1, -0.05) is 36.4 Å². The summed E-state index contributed by atoms with van der Waals surface area (Å²) in [6.45, 7) is 3.72. The van der Waals surface area contributed by atoms with Crippen molar-refractivity contribution in [1.82, 2.24) is 9.80 Å². The number of ether oxygens (including phenoxy) is 1. The zero-order valence-electron chi connectivity index (χ0n) is 14.3. The van der Waals surface area contributed by atoms with Gasteiger partial charge in [-0.3, -0.25) is 9.69 Å². The number of hydrogen-bond acceptors (Lipinski definition) is 4. The molecule has 1 aliphatic rings. The molecule has 5 nitrogen and oxygen atoms in total. The number of β-amino-alcohol motifs (C(OH)–C–C–N with tert-alkyl or cyclic N) is 1. The molecule has 2 aromatic rings. The topological polar surface area (TPSA) is 53.0 Å². The van der Waals surface area contributed by atoms with Crippen LogP contribution in [0.1, 0.15) is 10.4 Å². The average molecular weight is 340 g/mol. The van der Waals surface area contributed by atoms with Crippen molar-refractivity contribution in [2.75, 3.05) is 39.3 Å². The maximum absolute atomic E-state index is 12.4. The number of piperazine rings is 1. The highest BCUT2D eigenvalue weighted by molar-refractivity contribution is 5.94. The van der Waals surface area contributed by atoms with E-state index in [0.29, 0.717) is 19.6 Å². The monoisotopic (exact) mass is 340 g/mol. The van der Waals surface area contributed by atoms with Crippen molar-refractivity contribution in [2.24, 2.45) is 0 Å². The first-order valence-corrected chi connectivity index (χ1v) is 8.65. The second kappa shape index (κ2) is 8.65. The first kappa shape index (κ1) is 17.5. The van der Waals surface area contributed by atoms with Gasteiger partial charge in [-0.2, -0.15) is 0 Å². The van der Waals surface area contributed by atoms with Gasteiger partial charge in [0.2, 0.25) is 0 Å². The second-order valence-corrected chi connectivity index (χ2v) is 6.24. The van der Waals surface area contributed by atoms with Gasteiger partial charge in [0.05, 0.1) is 0 Å². The molecule has 0 spiro atoms. The SMILES string of the molecule is O=C(c1ccccc1)N1CCN(C[C@H](O)COc2ccccc2)CC1. The summed E-state index contributed by atoms with van der Waals surface area (Å²) >= 11 is 0. The highest BCUT2D eigenvalue weighted by Gasteiger charge is 2.23. The Kier molecular flexibility index (Phi) is 6.04. The van der Waals surface area contributed by atoms with Crippen molar-refractivity contribution in [1.29, 1.82) is 0 Å². The summed E-state index contributed by atoms with van der Waals surface area (Å²) in [6, 6.07) is 18.9. The Balaban J connectivity index is 1.41. The minimum atomic E-state index is -0.545. The van der Waals surface area contributed by atoms with Crippen LogP contribution in [0.5, 0.6) is 5.75 Å². The number of carbonyl (C=O) groups excluding carboxylic acids is 1. The standard InChI is InChI=1S/C20H24N2O3/c23-18(16-25-19-9-5-2-6-10-19)15-21-11-13-22(14-12-21)20(24)17-7-3-1-4-8-17/h1-10,18,23H,11-16H2/t18-/m0/s1. The van der Waals surface area contributed by atoms with Crippen LogP contribution < -0.4 is 4.74 Å². The van der Waals surface area contributed by atoms with E-state index in [4.69, 9.17) is 4.74 Å². The third-order valence-corrected chi connectivity index (χ3v) is 4.33. The summed E-state index contributed by atoms with van der Waals surface area (Å²) in [5.74, 6) is 0.841. The molecule has 1 fully saturated rings. The Morgan fingerprint density at radius 2 is 1.56 bits per heavy atom. The molecule has 1 atom stereocenters. The van der Waals surface area contributed by atoms with Gasteiger partial charge in [-0.25, -0.2) is 0 Å². The summed E-state index contributed by atoms with van der Waals surface area (Å²) in [5, 5.41) is 10.2. The first-order valence-electron chi connectivity index (χ1n) is 8.65. The highest BCUT2D eigenvalue weighted by atomic mass is 16.5. The first-order chi connectivity index (χ1) is 12.2. The quantitative estimate of drug-likeness (QED) is 0.872. The van der Waals surface area contributed by atoms with Crippen LogP contribution in [-0.4, -0.2) is 66.2 Å². The van der Waals surface area contributed by atoms with Crippen LogP contribution in [0.15, 0.2) is 60.7 Å². The van der Waals surface area contributed by atoms with E-state index in [0.717, 1.165) is 24.4 Å².